The third-order valence-corrected chi connectivity index (χ3v) is 7.74. The van der Waals surface area contributed by atoms with E-state index in [-0.39, 0.29) is 12.0 Å². The van der Waals surface area contributed by atoms with E-state index in [4.69, 9.17) is 0 Å². The average molecular weight is 497 g/mol. The normalized spacial score (nSPS) is 13.2. The molecule has 0 saturated carbocycles. The lowest BCUT2D eigenvalue weighted by atomic mass is 9.94. The van der Waals surface area contributed by atoms with Crippen molar-refractivity contribution < 1.29 is 15.0 Å². The summed E-state index contributed by atoms with van der Waals surface area (Å²) in [6.45, 7) is 4.49. The van der Waals surface area contributed by atoms with Gasteiger partial charge in [0.05, 0.1) is 12.0 Å². The first kappa shape index (κ1) is 34.4. The van der Waals surface area contributed by atoms with E-state index in [0.29, 0.717) is 0 Å². The van der Waals surface area contributed by atoms with E-state index in [1.807, 2.05) is 0 Å². The molecule has 0 fully saturated rings. The molecule has 3 nitrogen and oxygen atoms in total. The molecule has 3 heteroatoms. The number of carbonyl (C=O) groups is 1. The van der Waals surface area contributed by atoms with E-state index in [1.54, 1.807) is 0 Å². The zero-order chi connectivity index (χ0) is 25.8. The maximum atomic E-state index is 11.6. The van der Waals surface area contributed by atoms with E-state index in [1.165, 1.54) is 128 Å². The molecule has 35 heavy (non-hydrogen) atoms. The maximum absolute atomic E-state index is 11.6. The quantitative estimate of drug-likeness (QED) is 0.101. The Morgan fingerprint density at radius 2 is 0.714 bits per heavy atom. The van der Waals surface area contributed by atoms with Crippen LogP contribution in [-0.2, 0) is 4.79 Å². The van der Waals surface area contributed by atoms with Gasteiger partial charge in [0.15, 0.2) is 0 Å². The Hall–Kier alpha value is -0.570. The van der Waals surface area contributed by atoms with Gasteiger partial charge in [-0.15, -0.1) is 0 Å². The van der Waals surface area contributed by atoms with Gasteiger partial charge in [-0.25, -0.2) is 0 Å². The SMILES string of the molecule is CCCCCCCCCCCCCCC(CCCCCCCCCC(O)CCCCCC)C(=O)O. The predicted octanol–water partition coefficient (Wildman–Crippen LogP) is 10.6. The number of aliphatic hydroxyl groups is 1. The highest BCUT2D eigenvalue weighted by atomic mass is 16.4. The van der Waals surface area contributed by atoms with Crippen LogP contribution in [0.25, 0.3) is 0 Å². The van der Waals surface area contributed by atoms with Crippen LogP contribution < -0.4 is 0 Å². The summed E-state index contributed by atoms with van der Waals surface area (Å²) in [6.07, 6.45) is 32.9. The van der Waals surface area contributed by atoms with Gasteiger partial charge in [-0.05, 0) is 25.7 Å². The number of carboxylic acids is 1. The van der Waals surface area contributed by atoms with E-state index in [9.17, 15) is 15.0 Å². The van der Waals surface area contributed by atoms with Crippen LogP contribution in [0.1, 0.15) is 187 Å². The van der Waals surface area contributed by atoms with Crippen LogP contribution in [0.4, 0.5) is 0 Å². The molecular weight excluding hydrogens is 432 g/mol. The molecule has 0 aromatic rings. The van der Waals surface area contributed by atoms with E-state index in [0.717, 1.165) is 44.9 Å². The molecule has 210 valence electrons. The van der Waals surface area contributed by atoms with Gasteiger partial charge in [0, 0.05) is 0 Å². The Kier molecular flexibility index (Phi) is 27.6. The third kappa shape index (κ3) is 26.3. The third-order valence-electron chi connectivity index (χ3n) is 7.74. The Morgan fingerprint density at radius 3 is 1.03 bits per heavy atom. The van der Waals surface area contributed by atoms with Crippen LogP contribution in [0.3, 0.4) is 0 Å². The van der Waals surface area contributed by atoms with Gasteiger partial charge >= 0.3 is 5.97 Å². The first-order valence-electron chi connectivity index (χ1n) is 16.0. The molecule has 0 aromatic carbocycles. The summed E-state index contributed by atoms with van der Waals surface area (Å²) in [5, 5.41) is 19.6. The van der Waals surface area contributed by atoms with E-state index in [2.05, 4.69) is 13.8 Å². The topological polar surface area (TPSA) is 57.5 Å². The van der Waals surface area contributed by atoms with Crippen LogP contribution in [0.5, 0.6) is 0 Å². The lowest BCUT2D eigenvalue weighted by Gasteiger charge is -2.12. The van der Waals surface area contributed by atoms with Crippen molar-refractivity contribution in [2.75, 3.05) is 0 Å². The standard InChI is InChI=1S/C32H64O3/c1-3-5-7-9-10-11-12-13-14-16-19-22-26-30(32(34)35)27-23-20-17-15-18-21-25-29-31(33)28-24-8-6-4-2/h30-31,33H,3-29H2,1-2H3,(H,34,35). The molecule has 0 heterocycles. The van der Waals surface area contributed by atoms with Crippen molar-refractivity contribution in [2.45, 2.75) is 193 Å². The molecule has 2 atom stereocenters. The van der Waals surface area contributed by atoms with Crippen molar-refractivity contribution in [1.82, 2.24) is 0 Å². The summed E-state index contributed by atoms with van der Waals surface area (Å²) < 4.78 is 0. The van der Waals surface area contributed by atoms with Gasteiger partial charge in [-0.2, -0.15) is 0 Å². The fourth-order valence-corrected chi connectivity index (χ4v) is 5.23. The van der Waals surface area contributed by atoms with Gasteiger partial charge in [0.1, 0.15) is 0 Å². The van der Waals surface area contributed by atoms with Crippen molar-refractivity contribution in [3.05, 3.63) is 0 Å². The Labute approximate surface area is 220 Å². The minimum absolute atomic E-state index is 0.0927. The van der Waals surface area contributed by atoms with Gasteiger partial charge in [0.2, 0.25) is 0 Å². The van der Waals surface area contributed by atoms with E-state index >= 15 is 0 Å². The van der Waals surface area contributed by atoms with Gasteiger partial charge in [0.25, 0.3) is 0 Å². The fourth-order valence-electron chi connectivity index (χ4n) is 5.23. The number of aliphatic hydroxyl groups excluding tert-OH is 1. The molecule has 0 aliphatic carbocycles. The van der Waals surface area contributed by atoms with Gasteiger partial charge in [-0.3, -0.25) is 4.79 Å². The second-order valence-corrected chi connectivity index (χ2v) is 11.3. The van der Waals surface area contributed by atoms with Crippen molar-refractivity contribution >= 4 is 5.97 Å². The zero-order valence-electron chi connectivity index (χ0n) is 24.0. The van der Waals surface area contributed by atoms with Crippen LogP contribution in [0, 0.1) is 5.92 Å². The second kappa shape index (κ2) is 28.0. The highest BCUT2D eigenvalue weighted by molar-refractivity contribution is 5.69. The lowest BCUT2D eigenvalue weighted by Crippen LogP contribution is -2.13. The summed E-state index contributed by atoms with van der Waals surface area (Å²) in [4.78, 5) is 11.6. The molecule has 0 aromatic heterocycles. The average Bonchev–Trinajstić information content (AvgIpc) is 2.84. The molecular formula is C32H64O3. The number of hydrogen-bond acceptors (Lipinski definition) is 2. The Morgan fingerprint density at radius 1 is 0.457 bits per heavy atom. The molecule has 0 spiro atoms. The number of hydrogen-bond donors (Lipinski definition) is 2. The summed E-state index contributed by atoms with van der Waals surface area (Å²) in [5.74, 6) is -0.710. The molecule has 0 aliphatic rings. The molecule has 0 saturated heterocycles. The van der Waals surface area contributed by atoms with Crippen LogP contribution in [-0.4, -0.2) is 22.3 Å². The molecule has 2 N–H and O–H groups in total. The number of unbranched alkanes of at least 4 members (excludes halogenated alkanes) is 20. The predicted molar refractivity (Wildman–Crippen MR) is 153 cm³/mol. The Bertz CT molecular complexity index is 423. The highest BCUT2D eigenvalue weighted by Gasteiger charge is 2.16. The highest BCUT2D eigenvalue weighted by Crippen LogP contribution is 2.20. The summed E-state index contributed by atoms with van der Waals surface area (Å²) >= 11 is 0. The molecule has 0 bridgehead atoms. The molecule has 0 rings (SSSR count). The maximum Gasteiger partial charge on any atom is 0.306 e. The van der Waals surface area contributed by atoms with Crippen molar-refractivity contribution in [2.24, 2.45) is 5.92 Å². The van der Waals surface area contributed by atoms with Crippen molar-refractivity contribution in [3.63, 3.8) is 0 Å². The van der Waals surface area contributed by atoms with Crippen LogP contribution >= 0.6 is 0 Å². The smallest absolute Gasteiger partial charge is 0.306 e. The fraction of sp³-hybridized carbons (Fsp3) is 0.969. The zero-order valence-corrected chi connectivity index (χ0v) is 24.0. The van der Waals surface area contributed by atoms with Gasteiger partial charge < -0.3 is 10.2 Å². The largest absolute Gasteiger partial charge is 0.481 e. The van der Waals surface area contributed by atoms with Crippen LogP contribution in [0.2, 0.25) is 0 Å². The number of carboxylic acid groups (broad SMARTS) is 1. The number of rotatable bonds is 29. The van der Waals surface area contributed by atoms with Crippen LogP contribution in [0.15, 0.2) is 0 Å². The minimum Gasteiger partial charge on any atom is -0.481 e. The lowest BCUT2D eigenvalue weighted by molar-refractivity contribution is -0.142. The monoisotopic (exact) mass is 496 g/mol. The molecule has 0 radical (unpaired) electrons. The minimum atomic E-state index is -0.582. The molecule has 2 unspecified atom stereocenters. The first-order chi connectivity index (χ1) is 17.1. The summed E-state index contributed by atoms with van der Waals surface area (Å²) in [6, 6.07) is 0. The van der Waals surface area contributed by atoms with E-state index < -0.39 is 5.97 Å². The first-order valence-corrected chi connectivity index (χ1v) is 16.0. The van der Waals surface area contributed by atoms with Crippen molar-refractivity contribution in [3.8, 4) is 0 Å². The second-order valence-electron chi connectivity index (χ2n) is 11.3. The summed E-state index contributed by atoms with van der Waals surface area (Å²) in [7, 11) is 0. The van der Waals surface area contributed by atoms with Crippen molar-refractivity contribution in [1.29, 1.82) is 0 Å². The molecule has 0 amide bonds. The van der Waals surface area contributed by atoms with Gasteiger partial charge in [-0.1, -0.05) is 162 Å². The molecule has 0 aliphatic heterocycles. The number of aliphatic carboxylic acids is 1. The summed E-state index contributed by atoms with van der Waals surface area (Å²) in [5.41, 5.74) is 0. The Balaban J connectivity index is 3.48.